The second-order valence-electron chi connectivity index (χ2n) is 4.67. The van der Waals surface area contributed by atoms with Gasteiger partial charge in [-0.3, -0.25) is 4.79 Å². The van der Waals surface area contributed by atoms with Crippen molar-refractivity contribution in [2.24, 2.45) is 5.92 Å². The summed E-state index contributed by atoms with van der Waals surface area (Å²) < 4.78 is 1.28. The molecule has 0 aliphatic rings. The fraction of sp³-hybridized carbons (Fsp3) is 0.615. The van der Waals surface area contributed by atoms with Gasteiger partial charge in [-0.2, -0.15) is 0 Å². The van der Waals surface area contributed by atoms with Crippen LogP contribution in [0.2, 0.25) is 0 Å². The SMILES string of the molecule is CC(C)NC(CSc1cccs1)C(=O)C(C)C. The highest BCUT2D eigenvalue weighted by atomic mass is 32.2. The molecule has 0 saturated carbocycles. The monoisotopic (exact) mass is 271 g/mol. The summed E-state index contributed by atoms with van der Waals surface area (Å²) in [6.45, 7) is 8.09. The summed E-state index contributed by atoms with van der Waals surface area (Å²) in [5, 5.41) is 5.42. The minimum Gasteiger partial charge on any atom is -0.305 e. The molecule has 17 heavy (non-hydrogen) atoms. The molecule has 0 bridgehead atoms. The van der Waals surface area contributed by atoms with Crippen LogP contribution in [0.15, 0.2) is 21.7 Å². The maximum Gasteiger partial charge on any atom is 0.153 e. The minimum absolute atomic E-state index is 0.0397. The first-order valence-corrected chi connectivity index (χ1v) is 7.83. The predicted molar refractivity (Wildman–Crippen MR) is 76.9 cm³/mol. The highest BCUT2D eigenvalue weighted by Crippen LogP contribution is 2.24. The predicted octanol–water partition coefficient (Wildman–Crippen LogP) is 3.43. The fourth-order valence-electron chi connectivity index (χ4n) is 1.53. The molecule has 1 N–H and O–H groups in total. The fourth-order valence-corrected chi connectivity index (χ4v) is 3.39. The molecule has 0 spiro atoms. The number of Topliss-reactive ketones (excluding diaryl/α,β-unsaturated/α-hetero) is 1. The van der Waals surface area contributed by atoms with Gasteiger partial charge in [0.25, 0.3) is 0 Å². The number of ketones is 1. The number of hydrogen-bond acceptors (Lipinski definition) is 4. The Morgan fingerprint density at radius 2 is 2.12 bits per heavy atom. The maximum atomic E-state index is 12.1. The third-order valence-corrected chi connectivity index (χ3v) is 4.56. The average Bonchev–Trinajstić information content (AvgIpc) is 2.75. The Morgan fingerprint density at radius 1 is 1.41 bits per heavy atom. The van der Waals surface area contributed by atoms with E-state index in [0.717, 1.165) is 5.75 Å². The molecule has 0 saturated heterocycles. The standard InChI is InChI=1S/C13H21NOS2/c1-9(2)13(15)11(14-10(3)4)8-17-12-6-5-7-16-12/h5-7,9-11,14H,8H2,1-4H3. The number of carbonyl (C=O) groups excluding carboxylic acids is 1. The molecule has 0 fully saturated rings. The van der Waals surface area contributed by atoms with Crippen molar-refractivity contribution in [3.8, 4) is 0 Å². The number of nitrogens with one attached hydrogen (secondary N) is 1. The van der Waals surface area contributed by atoms with Crippen LogP contribution < -0.4 is 5.32 Å². The van der Waals surface area contributed by atoms with Gasteiger partial charge in [0.15, 0.2) is 5.78 Å². The zero-order chi connectivity index (χ0) is 12.8. The lowest BCUT2D eigenvalue weighted by Gasteiger charge is -2.21. The van der Waals surface area contributed by atoms with Gasteiger partial charge < -0.3 is 5.32 Å². The molecule has 1 atom stereocenters. The zero-order valence-corrected chi connectivity index (χ0v) is 12.5. The van der Waals surface area contributed by atoms with Crippen LogP contribution in [0.3, 0.4) is 0 Å². The number of carbonyl (C=O) groups is 1. The van der Waals surface area contributed by atoms with Gasteiger partial charge in [-0.15, -0.1) is 23.1 Å². The van der Waals surface area contributed by atoms with Gasteiger partial charge in [0.1, 0.15) is 0 Å². The zero-order valence-electron chi connectivity index (χ0n) is 10.9. The minimum atomic E-state index is -0.0397. The first-order valence-electron chi connectivity index (χ1n) is 5.96. The van der Waals surface area contributed by atoms with Crippen molar-refractivity contribution < 1.29 is 4.79 Å². The van der Waals surface area contributed by atoms with Gasteiger partial charge in [-0.25, -0.2) is 0 Å². The van der Waals surface area contributed by atoms with Crippen LogP contribution in [-0.4, -0.2) is 23.6 Å². The van der Waals surface area contributed by atoms with E-state index in [1.807, 2.05) is 19.9 Å². The van der Waals surface area contributed by atoms with Gasteiger partial charge in [-0.05, 0) is 11.4 Å². The van der Waals surface area contributed by atoms with E-state index >= 15 is 0 Å². The van der Waals surface area contributed by atoms with Crippen LogP contribution in [-0.2, 0) is 4.79 Å². The van der Waals surface area contributed by atoms with Gasteiger partial charge in [-0.1, -0.05) is 33.8 Å². The molecule has 2 nitrogen and oxygen atoms in total. The number of thioether (sulfide) groups is 1. The quantitative estimate of drug-likeness (QED) is 0.770. The lowest BCUT2D eigenvalue weighted by molar-refractivity contribution is -0.123. The van der Waals surface area contributed by atoms with E-state index in [1.54, 1.807) is 23.1 Å². The van der Waals surface area contributed by atoms with E-state index in [2.05, 4.69) is 30.6 Å². The normalized spacial score (nSPS) is 13.3. The third-order valence-electron chi connectivity index (χ3n) is 2.33. The number of hydrogen-bond donors (Lipinski definition) is 1. The van der Waals surface area contributed by atoms with Crippen molar-refractivity contribution in [1.29, 1.82) is 0 Å². The Morgan fingerprint density at radius 3 is 2.59 bits per heavy atom. The van der Waals surface area contributed by atoms with Crippen molar-refractivity contribution in [2.75, 3.05) is 5.75 Å². The number of rotatable bonds is 7. The molecule has 1 rings (SSSR count). The van der Waals surface area contributed by atoms with Crippen LogP contribution in [0.1, 0.15) is 27.7 Å². The van der Waals surface area contributed by atoms with Gasteiger partial charge in [0.05, 0.1) is 10.3 Å². The van der Waals surface area contributed by atoms with E-state index in [1.165, 1.54) is 4.21 Å². The van der Waals surface area contributed by atoms with Crippen LogP contribution in [0, 0.1) is 5.92 Å². The lowest BCUT2D eigenvalue weighted by atomic mass is 10.0. The smallest absolute Gasteiger partial charge is 0.153 e. The molecule has 1 heterocycles. The van der Waals surface area contributed by atoms with E-state index in [4.69, 9.17) is 0 Å². The Kier molecular flexibility index (Phi) is 6.23. The molecule has 0 amide bonds. The summed E-state index contributed by atoms with van der Waals surface area (Å²) in [5.41, 5.74) is 0. The van der Waals surface area contributed by atoms with Gasteiger partial charge in [0.2, 0.25) is 0 Å². The van der Waals surface area contributed by atoms with Crippen molar-refractivity contribution in [2.45, 2.75) is 44.0 Å². The molecule has 4 heteroatoms. The summed E-state index contributed by atoms with van der Waals surface area (Å²) in [6.07, 6.45) is 0. The van der Waals surface area contributed by atoms with Crippen LogP contribution >= 0.6 is 23.1 Å². The summed E-state index contributed by atoms with van der Waals surface area (Å²) >= 11 is 3.49. The van der Waals surface area contributed by atoms with E-state index in [9.17, 15) is 4.79 Å². The summed E-state index contributed by atoms with van der Waals surface area (Å²) in [5.74, 6) is 1.22. The largest absolute Gasteiger partial charge is 0.305 e. The van der Waals surface area contributed by atoms with Crippen molar-refractivity contribution in [1.82, 2.24) is 5.32 Å². The molecule has 1 aromatic rings. The van der Waals surface area contributed by atoms with Crippen molar-refractivity contribution in [3.05, 3.63) is 17.5 Å². The summed E-state index contributed by atoms with van der Waals surface area (Å²) in [7, 11) is 0. The topological polar surface area (TPSA) is 29.1 Å². The third kappa shape index (κ3) is 5.23. The average molecular weight is 271 g/mol. The molecule has 1 aromatic heterocycles. The first kappa shape index (κ1) is 14.7. The van der Waals surface area contributed by atoms with E-state index in [0.29, 0.717) is 11.8 Å². The summed E-state index contributed by atoms with van der Waals surface area (Å²) in [4.78, 5) is 12.1. The molecule has 0 aliphatic heterocycles. The Labute approximate surface area is 112 Å². The number of thiophene rings is 1. The van der Waals surface area contributed by atoms with Crippen LogP contribution in [0.4, 0.5) is 0 Å². The molecule has 0 radical (unpaired) electrons. The van der Waals surface area contributed by atoms with Crippen LogP contribution in [0.5, 0.6) is 0 Å². The van der Waals surface area contributed by atoms with Gasteiger partial charge >= 0.3 is 0 Å². The molecule has 96 valence electrons. The van der Waals surface area contributed by atoms with E-state index < -0.39 is 0 Å². The second-order valence-corrected chi connectivity index (χ2v) is 6.94. The van der Waals surface area contributed by atoms with Crippen molar-refractivity contribution >= 4 is 28.9 Å². The molecule has 0 aliphatic carbocycles. The Hall–Kier alpha value is -0.320. The first-order chi connectivity index (χ1) is 8.00. The van der Waals surface area contributed by atoms with E-state index in [-0.39, 0.29) is 12.0 Å². The highest BCUT2D eigenvalue weighted by molar-refractivity contribution is 8.01. The Balaban J connectivity index is 2.54. The summed E-state index contributed by atoms with van der Waals surface area (Å²) in [6, 6.07) is 4.44. The second kappa shape index (κ2) is 7.19. The van der Waals surface area contributed by atoms with Crippen molar-refractivity contribution in [3.63, 3.8) is 0 Å². The lowest BCUT2D eigenvalue weighted by Crippen LogP contribution is -2.44. The van der Waals surface area contributed by atoms with Crippen LogP contribution in [0.25, 0.3) is 0 Å². The molecule has 1 unspecified atom stereocenters. The Bertz CT molecular complexity index is 333. The van der Waals surface area contributed by atoms with Gasteiger partial charge in [0, 0.05) is 17.7 Å². The molecular formula is C13H21NOS2. The molecular weight excluding hydrogens is 250 g/mol. The maximum absolute atomic E-state index is 12.1. The molecule has 0 aromatic carbocycles. The highest BCUT2D eigenvalue weighted by Gasteiger charge is 2.21.